The van der Waals surface area contributed by atoms with Gasteiger partial charge in [0.2, 0.25) is 0 Å². The van der Waals surface area contributed by atoms with E-state index in [9.17, 15) is 9.90 Å². The van der Waals surface area contributed by atoms with Crippen molar-refractivity contribution in [1.29, 1.82) is 0 Å². The van der Waals surface area contributed by atoms with E-state index in [1.807, 2.05) is 71.6 Å². The van der Waals surface area contributed by atoms with E-state index < -0.39 is 11.6 Å². The van der Waals surface area contributed by atoms with Crippen molar-refractivity contribution < 1.29 is 48.6 Å². The third-order valence-corrected chi connectivity index (χ3v) is 5.23. The van der Waals surface area contributed by atoms with Crippen molar-refractivity contribution in [3.05, 3.63) is 88.9 Å². The number of carbonyl (C=O) groups excluding carboxylic acids is 1. The largest absolute Gasteiger partial charge is 1.00 e. The average molecular weight is 473 g/mol. The molecule has 3 aromatic carbocycles. The fourth-order valence-electron chi connectivity index (χ4n) is 3.26. The van der Waals surface area contributed by atoms with Crippen LogP contribution in [0.25, 0.3) is 11.1 Å². The van der Waals surface area contributed by atoms with E-state index in [0.29, 0.717) is 35.5 Å². The molecule has 0 aliphatic heterocycles. The van der Waals surface area contributed by atoms with Crippen molar-refractivity contribution in [1.82, 2.24) is 4.98 Å². The zero-order chi connectivity index (χ0) is 22.7. The Morgan fingerprint density at radius 3 is 2.42 bits per heavy atom. The first-order chi connectivity index (χ1) is 15.3. The Morgan fingerprint density at radius 1 is 1.03 bits per heavy atom. The smallest absolute Gasteiger partial charge is 0.546 e. The van der Waals surface area contributed by atoms with Gasteiger partial charge in [-0.3, -0.25) is 0 Å². The second-order valence-corrected chi connectivity index (χ2v) is 8.43. The molecule has 4 aromatic rings. The summed E-state index contributed by atoms with van der Waals surface area (Å²) in [5, 5.41) is 12.0. The van der Waals surface area contributed by atoms with Gasteiger partial charge in [-0.15, -0.1) is 0 Å². The summed E-state index contributed by atoms with van der Waals surface area (Å²) in [5.74, 6) is -0.834. The minimum atomic E-state index is -1.44. The van der Waals surface area contributed by atoms with Crippen molar-refractivity contribution in [2.45, 2.75) is 32.5 Å². The fourth-order valence-corrected chi connectivity index (χ4v) is 3.39. The van der Waals surface area contributed by atoms with Crippen molar-refractivity contribution in [2.24, 2.45) is 0 Å². The number of carboxylic acids is 1. The van der Waals surface area contributed by atoms with Crippen LogP contribution in [0.4, 0.5) is 6.01 Å². The Bertz CT molecular complexity index is 1210. The molecule has 1 aromatic heterocycles. The topological polar surface area (TPSA) is 78.6 Å². The number of anilines is 1. The molecule has 0 atom stereocenters. The molecule has 0 aliphatic rings. The van der Waals surface area contributed by atoms with E-state index in [1.165, 1.54) is 13.8 Å². The van der Waals surface area contributed by atoms with Crippen LogP contribution < -0.4 is 44.3 Å². The Morgan fingerprint density at radius 2 is 1.73 bits per heavy atom. The van der Waals surface area contributed by atoms with E-state index in [1.54, 1.807) is 6.07 Å². The summed E-state index contributed by atoms with van der Waals surface area (Å²) in [6.45, 7) is 3.93. The molecule has 0 N–H and O–H groups in total. The van der Waals surface area contributed by atoms with E-state index >= 15 is 0 Å². The maximum absolute atomic E-state index is 11.3. The number of aliphatic carboxylic acids is 1. The monoisotopic (exact) mass is 472 g/mol. The molecule has 0 saturated heterocycles. The quantitative estimate of drug-likeness (QED) is 0.362. The molecule has 33 heavy (non-hydrogen) atoms. The van der Waals surface area contributed by atoms with Gasteiger partial charge in [0.25, 0.3) is 6.01 Å². The number of rotatable bonds is 8. The summed E-state index contributed by atoms with van der Waals surface area (Å²) < 4.78 is 11.6. The number of nitrogens with zero attached hydrogens (tertiary/aromatic N) is 2. The summed E-state index contributed by atoms with van der Waals surface area (Å²) in [6, 6.07) is 23.0. The van der Waals surface area contributed by atoms with Crippen molar-refractivity contribution in [2.75, 3.05) is 4.90 Å². The van der Waals surface area contributed by atoms with Crippen molar-refractivity contribution >= 4 is 34.7 Å². The van der Waals surface area contributed by atoms with Crippen LogP contribution in [0, 0.1) is 0 Å². The Labute approximate surface area is 219 Å². The molecule has 6 nitrogen and oxygen atoms in total. The number of carboxylic acid groups (broad SMARTS) is 1. The SMILES string of the molecule is CC(C)(Oc1cccc(CN(Cc2ccc(Cl)cc2)c2nc3ccccc3o2)c1)C(=O)[O-].[Na+]. The molecule has 0 amide bonds. The number of aromatic nitrogens is 1. The minimum Gasteiger partial charge on any atom is -0.546 e. The van der Waals surface area contributed by atoms with Crippen LogP contribution in [-0.2, 0) is 17.9 Å². The molecular weight excluding hydrogens is 451 g/mol. The number of halogens is 1. The first-order valence-corrected chi connectivity index (χ1v) is 10.5. The van der Waals surface area contributed by atoms with Crippen LogP contribution in [0.15, 0.2) is 77.2 Å². The van der Waals surface area contributed by atoms with Crippen LogP contribution in [0.2, 0.25) is 5.02 Å². The molecule has 164 valence electrons. The first-order valence-electron chi connectivity index (χ1n) is 10.1. The normalized spacial score (nSPS) is 11.1. The summed E-state index contributed by atoms with van der Waals surface area (Å²) in [6.07, 6.45) is 0. The van der Waals surface area contributed by atoms with Gasteiger partial charge in [-0.25, -0.2) is 0 Å². The maximum Gasteiger partial charge on any atom is 1.00 e. The summed E-state index contributed by atoms with van der Waals surface area (Å²) in [7, 11) is 0. The van der Waals surface area contributed by atoms with Crippen LogP contribution in [0.1, 0.15) is 25.0 Å². The molecule has 4 rings (SSSR count). The Balaban J connectivity index is 0.00000306. The van der Waals surface area contributed by atoms with Crippen molar-refractivity contribution in [3.8, 4) is 5.75 Å². The van der Waals surface area contributed by atoms with Gasteiger partial charge >= 0.3 is 29.6 Å². The number of fused-ring (bicyclic) bond motifs is 1. The van der Waals surface area contributed by atoms with Gasteiger partial charge in [-0.05, 0) is 61.4 Å². The van der Waals surface area contributed by atoms with Gasteiger partial charge in [0.1, 0.15) is 16.9 Å². The van der Waals surface area contributed by atoms with Gasteiger partial charge in [0.15, 0.2) is 5.58 Å². The Kier molecular flexibility index (Phi) is 8.08. The van der Waals surface area contributed by atoms with E-state index in [4.69, 9.17) is 20.8 Å². The molecule has 1 heterocycles. The number of hydrogen-bond donors (Lipinski definition) is 0. The summed E-state index contributed by atoms with van der Waals surface area (Å²) in [5.41, 5.74) is 1.99. The third kappa shape index (κ3) is 6.30. The second kappa shape index (κ2) is 10.6. The zero-order valence-electron chi connectivity index (χ0n) is 18.7. The molecule has 0 fully saturated rings. The number of ether oxygens (including phenoxy) is 1. The third-order valence-electron chi connectivity index (χ3n) is 4.98. The van der Waals surface area contributed by atoms with Crippen LogP contribution >= 0.6 is 11.6 Å². The van der Waals surface area contributed by atoms with Gasteiger partial charge in [-0.1, -0.05) is 48.0 Å². The molecule has 8 heteroatoms. The maximum atomic E-state index is 11.3. The molecular formula is C25H22ClN2NaO4. The van der Waals surface area contributed by atoms with Gasteiger partial charge < -0.3 is 24.0 Å². The van der Waals surface area contributed by atoms with Crippen LogP contribution in [0.5, 0.6) is 5.75 Å². The predicted octanol–water partition coefficient (Wildman–Crippen LogP) is 1.60. The van der Waals surface area contributed by atoms with Crippen LogP contribution in [-0.4, -0.2) is 16.6 Å². The number of benzene rings is 3. The van der Waals surface area contributed by atoms with Gasteiger partial charge in [-0.2, -0.15) is 4.98 Å². The summed E-state index contributed by atoms with van der Waals surface area (Å²) in [4.78, 5) is 18.0. The zero-order valence-corrected chi connectivity index (χ0v) is 21.5. The standard InChI is InChI=1S/C25H23ClN2O4.Na/c1-25(2,23(29)30)32-20-7-5-6-18(14-20)16-28(15-17-10-12-19(26)13-11-17)24-27-21-8-3-4-9-22(21)31-24;/h3-14H,15-16H2,1-2H3,(H,29,30);/q;+1/p-1. The number of oxazole rings is 1. The summed E-state index contributed by atoms with van der Waals surface area (Å²) >= 11 is 6.04. The second-order valence-electron chi connectivity index (χ2n) is 7.99. The number of carbonyl (C=O) groups is 1. The number of hydrogen-bond acceptors (Lipinski definition) is 6. The first kappa shape index (κ1) is 25.1. The van der Waals surface area contributed by atoms with Gasteiger partial charge in [0.05, 0.1) is 5.97 Å². The molecule has 0 unspecified atom stereocenters. The Hall–Kier alpha value is -2.51. The van der Waals surface area contributed by atoms with E-state index in [2.05, 4.69) is 4.98 Å². The van der Waals surface area contributed by atoms with Crippen LogP contribution in [0.3, 0.4) is 0 Å². The van der Waals surface area contributed by atoms with E-state index in [-0.39, 0.29) is 29.6 Å². The molecule has 0 spiro atoms. The van der Waals surface area contributed by atoms with Crippen molar-refractivity contribution in [3.63, 3.8) is 0 Å². The molecule has 0 aliphatic carbocycles. The number of para-hydroxylation sites is 2. The molecule has 0 radical (unpaired) electrons. The minimum absolute atomic E-state index is 0. The van der Waals surface area contributed by atoms with E-state index in [0.717, 1.165) is 16.6 Å². The average Bonchev–Trinajstić information content (AvgIpc) is 3.19. The fraction of sp³-hybridized carbons (Fsp3) is 0.200. The molecule has 0 saturated carbocycles. The predicted molar refractivity (Wildman–Crippen MR) is 122 cm³/mol. The molecule has 0 bridgehead atoms. The van der Waals surface area contributed by atoms with Gasteiger partial charge in [0, 0.05) is 18.1 Å².